The molecular formula is C16H21FN2O3S. The van der Waals surface area contributed by atoms with Gasteiger partial charge < -0.3 is 4.90 Å². The molecule has 0 N–H and O–H groups in total. The lowest BCUT2D eigenvalue weighted by Crippen LogP contribution is -2.45. The second-order valence-electron chi connectivity index (χ2n) is 6.27. The van der Waals surface area contributed by atoms with Crippen LogP contribution < -0.4 is 4.90 Å². The molecule has 23 heavy (non-hydrogen) atoms. The van der Waals surface area contributed by atoms with Crippen molar-refractivity contribution in [3.8, 4) is 0 Å². The van der Waals surface area contributed by atoms with Gasteiger partial charge in [0.05, 0.1) is 6.26 Å². The first-order valence-electron chi connectivity index (χ1n) is 7.92. The highest BCUT2D eigenvalue weighted by atomic mass is 32.2. The number of carbonyl (C=O) groups excluding carboxylic acids is 1. The van der Waals surface area contributed by atoms with Crippen molar-refractivity contribution in [3.63, 3.8) is 0 Å². The molecule has 0 aromatic heterocycles. The van der Waals surface area contributed by atoms with Crippen molar-refractivity contribution in [2.24, 2.45) is 5.92 Å². The van der Waals surface area contributed by atoms with Crippen molar-refractivity contribution >= 4 is 21.6 Å². The maximum Gasteiger partial charge on any atom is 0.230 e. The third kappa shape index (κ3) is 3.26. The fourth-order valence-electron chi connectivity index (χ4n) is 3.47. The number of sulfonamides is 1. The number of nitrogens with zero attached hydrogens (tertiary/aromatic N) is 2. The standard InChI is InChI=1S/C16H21FN2O3S/c1-23(21,22)18-10-7-12(8-11-18)16(20)19-9-3-4-13-14(17)5-2-6-15(13)19/h2,5-6,12H,3-4,7-11H2,1H3. The Morgan fingerprint density at radius 2 is 1.91 bits per heavy atom. The first-order valence-corrected chi connectivity index (χ1v) is 9.76. The lowest BCUT2D eigenvalue weighted by molar-refractivity contribution is -0.123. The van der Waals surface area contributed by atoms with E-state index in [9.17, 15) is 17.6 Å². The Hall–Kier alpha value is -1.47. The van der Waals surface area contributed by atoms with E-state index in [1.54, 1.807) is 17.0 Å². The number of anilines is 1. The quantitative estimate of drug-likeness (QED) is 0.824. The van der Waals surface area contributed by atoms with Crippen LogP contribution >= 0.6 is 0 Å². The summed E-state index contributed by atoms with van der Waals surface area (Å²) >= 11 is 0. The topological polar surface area (TPSA) is 57.7 Å². The molecule has 1 amide bonds. The molecule has 0 atom stereocenters. The number of carbonyl (C=O) groups is 1. The summed E-state index contributed by atoms with van der Waals surface area (Å²) in [7, 11) is -3.20. The Bertz CT molecular complexity index is 712. The smallest absolute Gasteiger partial charge is 0.230 e. The highest BCUT2D eigenvalue weighted by Gasteiger charge is 2.33. The van der Waals surface area contributed by atoms with Gasteiger partial charge in [0, 0.05) is 36.8 Å². The number of benzene rings is 1. The van der Waals surface area contributed by atoms with E-state index in [0.29, 0.717) is 50.1 Å². The number of amides is 1. The van der Waals surface area contributed by atoms with Gasteiger partial charge in [0.25, 0.3) is 0 Å². The van der Waals surface area contributed by atoms with E-state index in [2.05, 4.69) is 0 Å². The van der Waals surface area contributed by atoms with Gasteiger partial charge in [-0.2, -0.15) is 0 Å². The van der Waals surface area contributed by atoms with E-state index in [1.807, 2.05) is 0 Å². The summed E-state index contributed by atoms with van der Waals surface area (Å²) < 4.78 is 38.4. The summed E-state index contributed by atoms with van der Waals surface area (Å²) in [5.74, 6) is -0.459. The summed E-state index contributed by atoms with van der Waals surface area (Å²) in [5.41, 5.74) is 1.28. The molecule has 0 bridgehead atoms. The molecule has 0 spiro atoms. The van der Waals surface area contributed by atoms with Crippen LogP contribution in [0.3, 0.4) is 0 Å². The highest BCUT2D eigenvalue weighted by molar-refractivity contribution is 7.88. The molecule has 7 heteroatoms. The van der Waals surface area contributed by atoms with Crippen LogP contribution in [0.4, 0.5) is 10.1 Å². The third-order valence-corrected chi connectivity index (χ3v) is 6.03. The molecule has 1 aromatic rings. The van der Waals surface area contributed by atoms with Crippen molar-refractivity contribution in [3.05, 3.63) is 29.6 Å². The van der Waals surface area contributed by atoms with Gasteiger partial charge in [-0.1, -0.05) is 6.07 Å². The minimum absolute atomic E-state index is 0.00954. The largest absolute Gasteiger partial charge is 0.312 e. The van der Waals surface area contributed by atoms with Gasteiger partial charge in [0.15, 0.2) is 0 Å². The van der Waals surface area contributed by atoms with Gasteiger partial charge >= 0.3 is 0 Å². The van der Waals surface area contributed by atoms with Gasteiger partial charge in [-0.15, -0.1) is 0 Å². The first-order chi connectivity index (χ1) is 10.9. The molecule has 0 radical (unpaired) electrons. The van der Waals surface area contributed by atoms with Crippen LogP contribution in [0.5, 0.6) is 0 Å². The van der Waals surface area contributed by atoms with E-state index >= 15 is 0 Å². The predicted molar refractivity (Wildman–Crippen MR) is 86.2 cm³/mol. The lowest BCUT2D eigenvalue weighted by Gasteiger charge is -2.35. The van der Waals surface area contributed by atoms with E-state index in [1.165, 1.54) is 16.6 Å². The summed E-state index contributed by atoms with van der Waals surface area (Å²) in [6.45, 7) is 1.35. The van der Waals surface area contributed by atoms with Crippen molar-refractivity contribution in [2.45, 2.75) is 25.7 Å². The van der Waals surface area contributed by atoms with Gasteiger partial charge in [-0.25, -0.2) is 17.1 Å². The molecule has 1 fully saturated rings. The van der Waals surface area contributed by atoms with Gasteiger partial charge in [0.2, 0.25) is 15.9 Å². The van der Waals surface area contributed by atoms with Crippen LogP contribution in [0.15, 0.2) is 18.2 Å². The maximum absolute atomic E-state index is 13.9. The molecule has 2 aliphatic heterocycles. The molecule has 1 saturated heterocycles. The zero-order valence-electron chi connectivity index (χ0n) is 13.2. The van der Waals surface area contributed by atoms with Crippen LogP contribution in [0, 0.1) is 11.7 Å². The van der Waals surface area contributed by atoms with Crippen molar-refractivity contribution in [1.82, 2.24) is 4.31 Å². The Kier molecular flexibility index (Phi) is 4.42. The number of fused-ring (bicyclic) bond motifs is 1. The number of hydrogen-bond donors (Lipinski definition) is 0. The minimum atomic E-state index is -3.20. The summed E-state index contributed by atoms with van der Waals surface area (Å²) in [6, 6.07) is 4.85. The maximum atomic E-state index is 13.9. The fourth-order valence-corrected chi connectivity index (χ4v) is 4.34. The summed E-state index contributed by atoms with van der Waals surface area (Å²) in [6.07, 6.45) is 3.64. The summed E-state index contributed by atoms with van der Waals surface area (Å²) in [4.78, 5) is 14.5. The molecule has 1 aromatic carbocycles. The number of halogens is 1. The van der Waals surface area contributed by atoms with E-state index in [4.69, 9.17) is 0 Å². The Balaban J connectivity index is 1.75. The first kappa shape index (κ1) is 16.4. The molecular weight excluding hydrogens is 319 g/mol. The van der Waals surface area contributed by atoms with Gasteiger partial charge in [-0.05, 0) is 37.8 Å². The average Bonchev–Trinajstić information content (AvgIpc) is 2.53. The molecule has 0 saturated carbocycles. The Morgan fingerprint density at radius 3 is 2.57 bits per heavy atom. The average molecular weight is 340 g/mol. The van der Waals surface area contributed by atoms with Crippen molar-refractivity contribution < 1.29 is 17.6 Å². The fraction of sp³-hybridized carbons (Fsp3) is 0.562. The number of piperidine rings is 1. The molecule has 2 aliphatic rings. The van der Waals surface area contributed by atoms with Crippen molar-refractivity contribution in [2.75, 3.05) is 30.8 Å². The monoisotopic (exact) mass is 340 g/mol. The molecule has 126 valence electrons. The molecule has 2 heterocycles. The van der Waals surface area contributed by atoms with Crippen LogP contribution in [-0.4, -0.2) is 44.5 Å². The third-order valence-electron chi connectivity index (χ3n) is 4.73. The van der Waals surface area contributed by atoms with Crippen LogP contribution in [-0.2, 0) is 21.2 Å². The SMILES string of the molecule is CS(=O)(=O)N1CCC(C(=O)N2CCCc3c(F)cccc32)CC1. The van der Waals surface area contributed by atoms with E-state index < -0.39 is 10.0 Å². The number of hydrogen-bond acceptors (Lipinski definition) is 3. The molecule has 0 aliphatic carbocycles. The van der Waals surface area contributed by atoms with E-state index in [0.717, 1.165) is 6.42 Å². The van der Waals surface area contributed by atoms with Gasteiger partial charge in [-0.3, -0.25) is 4.79 Å². The second kappa shape index (κ2) is 6.20. The zero-order valence-corrected chi connectivity index (χ0v) is 14.0. The van der Waals surface area contributed by atoms with E-state index in [-0.39, 0.29) is 17.6 Å². The molecule has 3 rings (SSSR count). The zero-order chi connectivity index (χ0) is 16.6. The summed E-state index contributed by atoms with van der Waals surface area (Å²) in [5, 5.41) is 0. The van der Waals surface area contributed by atoms with Crippen molar-refractivity contribution in [1.29, 1.82) is 0 Å². The highest BCUT2D eigenvalue weighted by Crippen LogP contribution is 2.32. The molecule has 0 unspecified atom stereocenters. The number of rotatable bonds is 2. The van der Waals surface area contributed by atoms with Crippen LogP contribution in [0.1, 0.15) is 24.8 Å². The predicted octanol–water partition coefficient (Wildman–Crippen LogP) is 1.78. The van der Waals surface area contributed by atoms with Crippen LogP contribution in [0.25, 0.3) is 0 Å². The minimum Gasteiger partial charge on any atom is -0.312 e. The lowest BCUT2D eigenvalue weighted by atomic mass is 9.94. The second-order valence-corrected chi connectivity index (χ2v) is 8.25. The Labute approximate surface area is 136 Å². The normalized spacial score (nSPS) is 20.3. The van der Waals surface area contributed by atoms with Gasteiger partial charge in [0.1, 0.15) is 5.82 Å². The molecule has 5 nitrogen and oxygen atoms in total. The van der Waals surface area contributed by atoms with Crippen LogP contribution in [0.2, 0.25) is 0 Å². The Morgan fingerprint density at radius 1 is 1.22 bits per heavy atom.